The number of anilines is 1. The van der Waals surface area contributed by atoms with Crippen molar-refractivity contribution in [2.24, 2.45) is 5.73 Å². The van der Waals surface area contributed by atoms with Gasteiger partial charge >= 0.3 is 0 Å². The van der Waals surface area contributed by atoms with Crippen LogP contribution in [0.25, 0.3) is 0 Å². The molecule has 1 rings (SSSR count). The minimum atomic E-state index is -0.863. The predicted molar refractivity (Wildman–Crippen MR) is 71.8 cm³/mol. The van der Waals surface area contributed by atoms with Crippen LogP contribution in [-0.2, 0) is 4.79 Å². The van der Waals surface area contributed by atoms with E-state index in [-0.39, 0.29) is 5.82 Å². The molecular formula is C14H21FN2O. The smallest absolute Gasteiger partial charge is 0.243 e. The molecule has 100 valence electrons. The maximum Gasteiger partial charge on any atom is 0.243 e. The number of benzene rings is 1. The number of nitrogens with one attached hydrogen (secondary N) is 1. The van der Waals surface area contributed by atoms with Crippen molar-refractivity contribution in [3.8, 4) is 0 Å². The van der Waals surface area contributed by atoms with Crippen LogP contribution in [0.3, 0.4) is 0 Å². The Labute approximate surface area is 108 Å². The number of unbranched alkanes of at least 4 members (excludes halogenated alkanes) is 1. The third-order valence-corrected chi connectivity index (χ3v) is 3.28. The highest BCUT2D eigenvalue weighted by Gasteiger charge is 2.34. The number of carbonyl (C=O) groups excluding carboxylic acids is 1. The van der Waals surface area contributed by atoms with E-state index in [9.17, 15) is 9.18 Å². The summed E-state index contributed by atoms with van der Waals surface area (Å²) in [6, 6.07) is 6.33. The Hall–Kier alpha value is -1.58. The van der Waals surface area contributed by atoms with Crippen LogP contribution in [0, 0.1) is 5.82 Å². The van der Waals surface area contributed by atoms with Crippen molar-refractivity contribution in [1.29, 1.82) is 0 Å². The highest BCUT2D eigenvalue weighted by molar-refractivity contribution is 5.87. The monoisotopic (exact) mass is 252 g/mol. The molecule has 1 amide bonds. The van der Waals surface area contributed by atoms with E-state index in [1.807, 2.05) is 13.8 Å². The van der Waals surface area contributed by atoms with Gasteiger partial charge in [-0.05, 0) is 25.0 Å². The van der Waals surface area contributed by atoms with Crippen molar-refractivity contribution in [3.05, 3.63) is 30.1 Å². The van der Waals surface area contributed by atoms with E-state index in [1.165, 1.54) is 6.07 Å². The van der Waals surface area contributed by atoms with Crippen molar-refractivity contribution in [2.75, 3.05) is 5.32 Å². The summed E-state index contributed by atoms with van der Waals surface area (Å²) >= 11 is 0. The zero-order valence-corrected chi connectivity index (χ0v) is 11.0. The van der Waals surface area contributed by atoms with Gasteiger partial charge in [-0.1, -0.05) is 38.8 Å². The number of para-hydroxylation sites is 1. The van der Waals surface area contributed by atoms with Crippen LogP contribution in [-0.4, -0.2) is 11.4 Å². The molecule has 0 spiro atoms. The van der Waals surface area contributed by atoms with Crippen LogP contribution in [0.4, 0.5) is 10.1 Å². The summed E-state index contributed by atoms with van der Waals surface area (Å²) < 4.78 is 13.6. The number of hydrogen-bond donors (Lipinski definition) is 2. The number of nitrogens with two attached hydrogens (primary N) is 1. The summed E-state index contributed by atoms with van der Waals surface area (Å²) in [7, 11) is 0. The quantitative estimate of drug-likeness (QED) is 0.783. The minimum absolute atomic E-state index is 0.328. The molecule has 3 nitrogen and oxygen atoms in total. The van der Waals surface area contributed by atoms with Gasteiger partial charge in [-0.2, -0.15) is 0 Å². The third kappa shape index (κ3) is 3.22. The van der Waals surface area contributed by atoms with E-state index in [4.69, 9.17) is 5.73 Å². The molecule has 1 unspecified atom stereocenters. The summed E-state index contributed by atoms with van der Waals surface area (Å²) in [6.45, 7) is 3.93. The van der Waals surface area contributed by atoms with Crippen molar-refractivity contribution in [2.45, 2.75) is 45.1 Å². The summed E-state index contributed by atoms with van der Waals surface area (Å²) in [5.41, 5.74) is 4.96. The zero-order valence-electron chi connectivity index (χ0n) is 11.0. The number of carbonyl (C=O) groups is 1. The molecule has 0 aliphatic heterocycles. The molecule has 0 saturated heterocycles. The molecule has 1 aromatic rings. The summed E-state index contributed by atoms with van der Waals surface area (Å²) in [5, 5.41) is 3.00. The van der Waals surface area contributed by atoms with Crippen LogP contribution in [0.5, 0.6) is 0 Å². The molecule has 0 fully saturated rings. The fourth-order valence-electron chi connectivity index (χ4n) is 1.99. The van der Waals surface area contributed by atoms with Gasteiger partial charge in [0.2, 0.25) is 5.91 Å². The summed E-state index contributed by atoms with van der Waals surface area (Å²) in [4.78, 5) is 11.7. The zero-order chi connectivity index (χ0) is 13.6. The Morgan fingerprint density at radius 2 is 2.06 bits per heavy atom. The molecule has 18 heavy (non-hydrogen) atoms. The van der Waals surface area contributed by atoms with Crippen molar-refractivity contribution in [3.63, 3.8) is 0 Å². The van der Waals surface area contributed by atoms with Crippen molar-refractivity contribution < 1.29 is 9.18 Å². The SMILES string of the molecule is CCCCC(CC)(Nc1ccccc1F)C(N)=O. The second-order valence-corrected chi connectivity index (χ2v) is 4.51. The van der Waals surface area contributed by atoms with E-state index in [1.54, 1.807) is 18.2 Å². The van der Waals surface area contributed by atoms with Crippen molar-refractivity contribution in [1.82, 2.24) is 0 Å². The molecule has 0 aliphatic rings. The van der Waals surface area contributed by atoms with E-state index in [2.05, 4.69) is 5.32 Å². The van der Waals surface area contributed by atoms with Gasteiger partial charge in [0, 0.05) is 0 Å². The topological polar surface area (TPSA) is 55.1 Å². The first-order valence-corrected chi connectivity index (χ1v) is 6.38. The van der Waals surface area contributed by atoms with Crippen LogP contribution in [0.1, 0.15) is 39.5 Å². The molecule has 0 heterocycles. The van der Waals surface area contributed by atoms with Gasteiger partial charge in [-0.25, -0.2) is 4.39 Å². The highest BCUT2D eigenvalue weighted by atomic mass is 19.1. The molecule has 3 N–H and O–H groups in total. The van der Waals surface area contributed by atoms with Gasteiger partial charge in [0.15, 0.2) is 0 Å². The van der Waals surface area contributed by atoms with Gasteiger partial charge in [-0.15, -0.1) is 0 Å². The molecular weight excluding hydrogens is 231 g/mol. The second-order valence-electron chi connectivity index (χ2n) is 4.51. The third-order valence-electron chi connectivity index (χ3n) is 3.28. The fraction of sp³-hybridized carbons (Fsp3) is 0.500. The van der Waals surface area contributed by atoms with Gasteiger partial charge in [0.25, 0.3) is 0 Å². The molecule has 0 bridgehead atoms. The first-order valence-electron chi connectivity index (χ1n) is 6.38. The Kier molecular flexibility index (Phi) is 5.13. The first-order chi connectivity index (χ1) is 8.55. The number of halogens is 1. The lowest BCUT2D eigenvalue weighted by Crippen LogP contribution is -2.50. The van der Waals surface area contributed by atoms with E-state index in [0.717, 1.165) is 12.8 Å². The summed E-state index contributed by atoms with van der Waals surface area (Å²) in [6.07, 6.45) is 2.99. The van der Waals surface area contributed by atoms with Gasteiger partial charge in [0.1, 0.15) is 11.4 Å². The maximum absolute atomic E-state index is 13.6. The Morgan fingerprint density at radius 1 is 1.39 bits per heavy atom. The van der Waals surface area contributed by atoms with Crippen LogP contribution in [0.15, 0.2) is 24.3 Å². The Morgan fingerprint density at radius 3 is 2.56 bits per heavy atom. The summed E-state index contributed by atoms with van der Waals surface area (Å²) in [5.74, 6) is -0.797. The number of hydrogen-bond acceptors (Lipinski definition) is 2. The van der Waals surface area contributed by atoms with Gasteiger partial charge in [0.05, 0.1) is 5.69 Å². The average molecular weight is 252 g/mol. The number of amides is 1. The lowest BCUT2D eigenvalue weighted by molar-refractivity contribution is -0.122. The largest absolute Gasteiger partial charge is 0.369 e. The Bertz CT molecular complexity index is 409. The van der Waals surface area contributed by atoms with Gasteiger partial charge in [-0.3, -0.25) is 4.79 Å². The van der Waals surface area contributed by atoms with E-state index < -0.39 is 11.4 Å². The normalized spacial score (nSPS) is 13.9. The maximum atomic E-state index is 13.6. The molecule has 0 radical (unpaired) electrons. The predicted octanol–water partition coefficient (Wildman–Crippen LogP) is 3.06. The molecule has 0 aromatic heterocycles. The fourth-order valence-corrected chi connectivity index (χ4v) is 1.99. The van der Waals surface area contributed by atoms with E-state index in [0.29, 0.717) is 18.5 Å². The molecule has 4 heteroatoms. The second kappa shape index (κ2) is 6.38. The first kappa shape index (κ1) is 14.5. The van der Waals surface area contributed by atoms with Crippen molar-refractivity contribution >= 4 is 11.6 Å². The minimum Gasteiger partial charge on any atom is -0.369 e. The molecule has 1 aromatic carbocycles. The number of rotatable bonds is 7. The van der Waals surface area contributed by atoms with Gasteiger partial charge < -0.3 is 11.1 Å². The van der Waals surface area contributed by atoms with Crippen LogP contribution in [0.2, 0.25) is 0 Å². The highest BCUT2D eigenvalue weighted by Crippen LogP contribution is 2.26. The molecule has 1 atom stereocenters. The molecule has 0 saturated carbocycles. The van der Waals surface area contributed by atoms with Crippen LogP contribution < -0.4 is 11.1 Å². The number of primary amides is 1. The lowest BCUT2D eigenvalue weighted by Gasteiger charge is -2.32. The average Bonchev–Trinajstić information content (AvgIpc) is 2.36. The standard InChI is InChI=1S/C14H21FN2O/c1-3-5-10-14(4-2,13(16)18)17-12-9-7-6-8-11(12)15/h6-9,17H,3-5,10H2,1-2H3,(H2,16,18). The van der Waals surface area contributed by atoms with E-state index >= 15 is 0 Å². The lowest BCUT2D eigenvalue weighted by atomic mass is 9.88. The Balaban J connectivity index is 2.97. The van der Waals surface area contributed by atoms with Crippen LogP contribution >= 0.6 is 0 Å². The molecule has 0 aliphatic carbocycles.